The molecule has 90 valence electrons. The number of hydrogen-bond donors (Lipinski definition) is 1. The van der Waals surface area contributed by atoms with Gasteiger partial charge in [-0.05, 0) is 26.7 Å². The number of carbonyl (C=O) groups is 2. The van der Waals surface area contributed by atoms with E-state index < -0.39 is 17.5 Å². The Balaban J connectivity index is 2.65. The van der Waals surface area contributed by atoms with Crippen LogP contribution in [-0.4, -0.2) is 22.5 Å². The predicted octanol–water partition coefficient (Wildman–Crippen LogP) is 2.31. The van der Waals surface area contributed by atoms with Gasteiger partial charge in [0, 0.05) is 0 Å². The van der Waals surface area contributed by atoms with Crippen LogP contribution in [0.25, 0.3) is 0 Å². The van der Waals surface area contributed by atoms with Crippen LogP contribution in [0.2, 0.25) is 0 Å². The molecule has 6 heteroatoms. The maximum atomic E-state index is 11.4. The highest BCUT2D eigenvalue weighted by Gasteiger charge is 2.17. The normalized spacial score (nSPS) is 10.5. The fourth-order valence-electron chi connectivity index (χ4n) is 0.899. The number of nitrogens with zero attached hydrogens (tertiary/aromatic N) is 1. The maximum absolute atomic E-state index is 11.4. The first-order chi connectivity index (χ1) is 7.81. The molecular weight excluding hydrogens is 240 g/mol. The van der Waals surface area contributed by atoms with Crippen molar-refractivity contribution in [2.45, 2.75) is 26.4 Å². The summed E-state index contributed by atoms with van der Waals surface area (Å²) >= 11 is 1.00. The number of aromatic nitrogens is 1. The molecule has 0 radical (unpaired) electrons. The number of anilines is 1. The van der Waals surface area contributed by atoms with Crippen molar-refractivity contribution in [1.29, 1.82) is 0 Å². The van der Waals surface area contributed by atoms with Gasteiger partial charge in [0.1, 0.15) is 10.5 Å². The summed E-state index contributed by atoms with van der Waals surface area (Å²) < 4.78 is 5.03. The van der Waals surface area contributed by atoms with Crippen LogP contribution < -0.4 is 5.32 Å². The third-order valence-corrected chi connectivity index (χ3v) is 2.38. The molecule has 0 atom stereocenters. The number of ether oxygens (including phenoxy) is 1. The van der Waals surface area contributed by atoms with Crippen LogP contribution in [0.4, 0.5) is 9.93 Å². The highest BCUT2D eigenvalue weighted by atomic mass is 32.1. The summed E-state index contributed by atoms with van der Waals surface area (Å²) in [5, 5.41) is 2.70. The van der Waals surface area contributed by atoms with Gasteiger partial charge >= 0.3 is 6.09 Å². The number of terminal acetylenes is 1. The molecule has 0 aromatic carbocycles. The van der Waals surface area contributed by atoms with Crippen molar-refractivity contribution in [3.05, 3.63) is 11.1 Å². The second-order valence-corrected chi connectivity index (χ2v) is 5.16. The number of nitrogens with one attached hydrogen (secondary N) is 1. The van der Waals surface area contributed by atoms with Gasteiger partial charge in [-0.2, -0.15) is 0 Å². The van der Waals surface area contributed by atoms with Crippen LogP contribution in [0.1, 0.15) is 30.4 Å². The number of carbonyl (C=O) groups excluding carboxylic acids is 2. The minimum atomic E-state index is -0.619. The second-order valence-electron chi connectivity index (χ2n) is 4.13. The Bertz CT molecular complexity index is 480. The molecular formula is C11H12N2O3S. The first kappa shape index (κ1) is 13.2. The van der Waals surface area contributed by atoms with Crippen LogP contribution in [0.3, 0.4) is 0 Å². The lowest BCUT2D eigenvalue weighted by atomic mass is 10.2. The third kappa shape index (κ3) is 4.25. The molecule has 0 saturated heterocycles. The van der Waals surface area contributed by atoms with E-state index in [4.69, 9.17) is 11.2 Å². The van der Waals surface area contributed by atoms with Gasteiger partial charge < -0.3 is 4.74 Å². The summed E-state index contributed by atoms with van der Waals surface area (Å²) in [5.74, 6) is 1.52. The molecule has 0 spiro atoms. The van der Waals surface area contributed by atoms with Crippen molar-refractivity contribution in [3.8, 4) is 12.3 Å². The zero-order valence-electron chi connectivity index (χ0n) is 9.73. The average molecular weight is 252 g/mol. The van der Waals surface area contributed by atoms with Gasteiger partial charge in [-0.15, -0.1) is 6.42 Å². The minimum Gasteiger partial charge on any atom is -0.444 e. The van der Waals surface area contributed by atoms with Gasteiger partial charge in [-0.1, -0.05) is 11.3 Å². The van der Waals surface area contributed by atoms with Crippen LogP contribution in [0.5, 0.6) is 0 Å². The number of Topliss-reactive ketones (excluding diaryl/α,β-unsaturated/α-hetero) is 1. The highest BCUT2D eigenvalue weighted by Crippen LogP contribution is 2.19. The minimum absolute atomic E-state index is 0.276. The van der Waals surface area contributed by atoms with Crippen molar-refractivity contribution in [2.24, 2.45) is 0 Å². The molecule has 1 rings (SSSR count). The Hall–Kier alpha value is -1.87. The standard InChI is InChI=1S/C11H12N2O3S/c1-5-7(14)8-6-12-9(17-8)13-10(15)16-11(2,3)4/h1,6H,2-4H3,(H,12,13,15). The number of thiazole rings is 1. The van der Waals surface area contributed by atoms with Gasteiger partial charge in [-0.3, -0.25) is 10.1 Å². The smallest absolute Gasteiger partial charge is 0.413 e. The van der Waals surface area contributed by atoms with Crippen LogP contribution in [0.15, 0.2) is 6.20 Å². The predicted molar refractivity (Wildman–Crippen MR) is 65.1 cm³/mol. The first-order valence-corrected chi connectivity index (χ1v) is 5.60. The SMILES string of the molecule is C#CC(=O)c1cnc(NC(=O)OC(C)(C)C)s1. The lowest BCUT2D eigenvalue weighted by Gasteiger charge is -2.18. The molecule has 1 aromatic rings. The largest absolute Gasteiger partial charge is 0.444 e. The molecule has 1 aromatic heterocycles. The zero-order valence-corrected chi connectivity index (χ0v) is 10.6. The zero-order chi connectivity index (χ0) is 13.1. The maximum Gasteiger partial charge on any atom is 0.413 e. The molecule has 0 saturated carbocycles. The van der Waals surface area contributed by atoms with E-state index in [-0.39, 0.29) is 5.13 Å². The number of rotatable bonds is 2. The number of amides is 1. The molecule has 5 nitrogen and oxygen atoms in total. The van der Waals surface area contributed by atoms with Gasteiger partial charge in [0.25, 0.3) is 0 Å². The van der Waals surface area contributed by atoms with E-state index in [1.165, 1.54) is 6.20 Å². The lowest BCUT2D eigenvalue weighted by molar-refractivity contribution is 0.0635. The average Bonchev–Trinajstić information content (AvgIpc) is 2.62. The summed E-state index contributed by atoms with van der Waals surface area (Å²) in [7, 11) is 0. The van der Waals surface area contributed by atoms with E-state index in [1.54, 1.807) is 20.8 Å². The number of hydrogen-bond acceptors (Lipinski definition) is 5. The second kappa shape index (κ2) is 4.97. The molecule has 0 fully saturated rings. The van der Waals surface area contributed by atoms with Crippen LogP contribution >= 0.6 is 11.3 Å². The van der Waals surface area contributed by atoms with Crippen molar-refractivity contribution < 1.29 is 14.3 Å². The summed E-state index contributed by atoms with van der Waals surface area (Å²) in [6, 6.07) is 0. The first-order valence-electron chi connectivity index (χ1n) is 4.78. The topological polar surface area (TPSA) is 68.3 Å². The molecule has 0 aliphatic carbocycles. The summed E-state index contributed by atoms with van der Waals surface area (Å²) in [6.45, 7) is 5.26. The molecule has 0 aliphatic heterocycles. The Morgan fingerprint density at radius 3 is 2.71 bits per heavy atom. The molecule has 0 aliphatic rings. The monoisotopic (exact) mass is 252 g/mol. The quantitative estimate of drug-likeness (QED) is 0.498. The molecule has 1 N–H and O–H groups in total. The van der Waals surface area contributed by atoms with Crippen LogP contribution in [-0.2, 0) is 4.74 Å². The molecule has 0 unspecified atom stereocenters. The molecule has 1 amide bonds. The third-order valence-electron chi connectivity index (χ3n) is 1.47. The Morgan fingerprint density at radius 2 is 2.18 bits per heavy atom. The number of ketones is 1. The Morgan fingerprint density at radius 1 is 1.53 bits per heavy atom. The van der Waals surface area contributed by atoms with E-state index in [1.807, 2.05) is 5.92 Å². The van der Waals surface area contributed by atoms with Crippen molar-refractivity contribution in [1.82, 2.24) is 4.98 Å². The van der Waals surface area contributed by atoms with Gasteiger partial charge in [0.2, 0.25) is 5.78 Å². The van der Waals surface area contributed by atoms with E-state index in [0.717, 1.165) is 11.3 Å². The Kier molecular flexibility index (Phi) is 3.86. The van der Waals surface area contributed by atoms with E-state index in [0.29, 0.717) is 4.88 Å². The van der Waals surface area contributed by atoms with E-state index in [2.05, 4.69) is 10.3 Å². The Labute approximate surface area is 103 Å². The van der Waals surface area contributed by atoms with Gasteiger partial charge in [0.15, 0.2) is 5.13 Å². The van der Waals surface area contributed by atoms with E-state index >= 15 is 0 Å². The van der Waals surface area contributed by atoms with Crippen molar-refractivity contribution >= 4 is 28.3 Å². The van der Waals surface area contributed by atoms with Crippen molar-refractivity contribution in [3.63, 3.8) is 0 Å². The summed E-state index contributed by atoms with van der Waals surface area (Å²) in [5.41, 5.74) is -0.585. The van der Waals surface area contributed by atoms with Crippen LogP contribution in [0, 0.1) is 12.3 Å². The lowest BCUT2D eigenvalue weighted by Crippen LogP contribution is -2.27. The summed E-state index contributed by atoms with van der Waals surface area (Å²) in [6.07, 6.45) is 5.67. The fraction of sp³-hybridized carbons (Fsp3) is 0.364. The molecule has 1 heterocycles. The highest BCUT2D eigenvalue weighted by molar-refractivity contribution is 7.17. The summed E-state index contributed by atoms with van der Waals surface area (Å²) in [4.78, 5) is 26.7. The fourth-order valence-corrected chi connectivity index (χ4v) is 1.60. The van der Waals surface area contributed by atoms with Crippen molar-refractivity contribution in [2.75, 3.05) is 5.32 Å². The van der Waals surface area contributed by atoms with E-state index in [9.17, 15) is 9.59 Å². The van der Waals surface area contributed by atoms with Gasteiger partial charge in [-0.25, -0.2) is 9.78 Å². The van der Waals surface area contributed by atoms with Gasteiger partial charge in [0.05, 0.1) is 6.20 Å². The molecule has 17 heavy (non-hydrogen) atoms. The molecule has 0 bridgehead atoms.